The molecule has 1 aromatic heterocycles. The molecule has 1 aliphatic heterocycles. The van der Waals surface area contributed by atoms with Gasteiger partial charge >= 0.3 is 0 Å². The van der Waals surface area contributed by atoms with Crippen molar-refractivity contribution in [3.63, 3.8) is 0 Å². The van der Waals surface area contributed by atoms with E-state index in [4.69, 9.17) is 5.73 Å². The highest BCUT2D eigenvalue weighted by molar-refractivity contribution is 7.99. The van der Waals surface area contributed by atoms with Crippen LogP contribution in [-0.4, -0.2) is 26.6 Å². The maximum absolute atomic E-state index is 5.73. The van der Waals surface area contributed by atoms with E-state index in [0.717, 1.165) is 30.4 Å². The lowest BCUT2D eigenvalue weighted by Gasteiger charge is -2.12. The molecule has 5 heteroatoms. The molecule has 1 aromatic rings. The van der Waals surface area contributed by atoms with Crippen molar-refractivity contribution >= 4 is 11.8 Å². The number of hydrogen-bond donors (Lipinski definition) is 1. The third-order valence-corrected chi connectivity index (χ3v) is 4.44. The van der Waals surface area contributed by atoms with Crippen LogP contribution in [0, 0.1) is 0 Å². The van der Waals surface area contributed by atoms with Crippen molar-refractivity contribution in [3.05, 3.63) is 5.82 Å². The van der Waals surface area contributed by atoms with Crippen LogP contribution in [0.4, 0.5) is 0 Å². The molecule has 0 aliphatic carbocycles. The summed E-state index contributed by atoms with van der Waals surface area (Å²) < 4.78 is 2.29. The first kappa shape index (κ1) is 11.9. The number of aromatic nitrogens is 3. The fraction of sp³-hybridized carbons (Fsp3) is 0.818. The molecule has 2 heterocycles. The summed E-state index contributed by atoms with van der Waals surface area (Å²) in [6.45, 7) is 3.96. The second-order valence-electron chi connectivity index (χ2n) is 4.24. The van der Waals surface area contributed by atoms with E-state index in [0.29, 0.717) is 11.8 Å². The summed E-state index contributed by atoms with van der Waals surface area (Å²) in [7, 11) is 0. The van der Waals surface area contributed by atoms with Gasteiger partial charge in [0.25, 0.3) is 0 Å². The van der Waals surface area contributed by atoms with Crippen LogP contribution in [0.1, 0.15) is 38.4 Å². The molecule has 0 saturated heterocycles. The third-order valence-electron chi connectivity index (χ3n) is 3.07. The average Bonchev–Trinajstić information content (AvgIpc) is 2.54. The van der Waals surface area contributed by atoms with E-state index < -0.39 is 0 Å². The van der Waals surface area contributed by atoms with Crippen LogP contribution in [-0.2, 0) is 13.0 Å². The lowest BCUT2D eigenvalue weighted by Crippen LogP contribution is -2.16. The number of aryl methyl sites for hydroxylation is 1. The van der Waals surface area contributed by atoms with Crippen molar-refractivity contribution in [3.8, 4) is 0 Å². The number of thioether (sulfide) groups is 1. The van der Waals surface area contributed by atoms with Crippen molar-refractivity contribution in [2.24, 2.45) is 5.73 Å². The van der Waals surface area contributed by atoms with Gasteiger partial charge in [-0.3, -0.25) is 0 Å². The minimum atomic E-state index is 0.469. The molecule has 0 bridgehead atoms. The van der Waals surface area contributed by atoms with Gasteiger partial charge in [0.1, 0.15) is 5.82 Å². The molecule has 1 atom stereocenters. The van der Waals surface area contributed by atoms with Gasteiger partial charge in [0.15, 0.2) is 5.16 Å². The molecular weight excluding hydrogens is 220 g/mol. The van der Waals surface area contributed by atoms with Gasteiger partial charge in [-0.2, -0.15) is 0 Å². The summed E-state index contributed by atoms with van der Waals surface area (Å²) in [4.78, 5) is 0. The number of nitrogens with two attached hydrogens (primary N) is 1. The largest absolute Gasteiger partial charge is 0.329 e. The fourth-order valence-electron chi connectivity index (χ4n) is 1.99. The smallest absolute Gasteiger partial charge is 0.191 e. The van der Waals surface area contributed by atoms with Crippen LogP contribution in [0.5, 0.6) is 0 Å². The van der Waals surface area contributed by atoms with Crippen molar-refractivity contribution in [1.82, 2.24) is 14.8 Å². The monoisotopic (exact) mass is 240 g/mol. The molecule has 2 rings (SSSR count). The summed E-state index contributed by atoms with van der Waals surface area (Å²) >= 11 is 1.78. The molecule has 4 nitrogen and oxygen atoms in total. The van der Waals surface area contributed by atoms with Gasteiger partial charge < -0.3 is 10.3 Å². The Hall–Kier alpha value is -0.550. The molecule has 0 spiro atoms. The van der Waals surface area contributed by atoms with Gasteiger partial charge in [-0.05, 0) is 19.3 Å². The SMILES string of the molecule is CCC(CN)Sc1nnc2n1CCCCC2. The highest BCUT2D eigenvalue weighted by Gasteiger charge is 2.17. The first-order valence-electron chi connectivity index (χ1n) is 6.14. The Bertz CT molecular complexity index is 333. The second-order valence-corrected chi connectivity index (χ2v) is 5.51. The molecular formula is C11H20N4S. The Kier molecular flexibility index (Phi) is 4.23. The summed E-state index contributed by atoms with van der Waals surface area (Å²) in [5.74, 6) is 1.16. The maximum Gasteiger partial charge on any atom is 0.191 e. The highest BCUT2D eigenvalue weighted by atomic mass is 32.2. The van der Waals surface area contributed by atoms with Crippen molar-refractivity contribution < 1.29 is 0 Å². The zero-order chi connectivity index (χ0) is 11.4. The Morgan fingerprint density at radius 3 is 3.00 bits per heavy atom. The fourth-order valence-corrected chi connectivity index (χ4v) is 2.97. The zero-order valence-electron chi connectivity index (χ0n) is 9.85. The highest BCUT2D eigenvalue weighted by Crippen LogP contribution is 2.26. The van der Waals surface area contributed by atoms with E-state index >= 15 is 0 Å². The van der Waals surface area contributed by atoms with Crippen LogP contribution in [0.3, 0.4) is 0 Å². The molecule has 0 saturated carbocycles. The molecule has 1 aliphatic rings. The minimum absolute atomic E-state index is 0.469. The van der Waals surface area contributed by atoms with Gasteiger partial charge in [0.2, 0.25) is 0 Å². The zero-order valence-corrected chi connectivity index (χ0v) is 10.7. The quantitative estimate of drug-likeness (QED) is 0.816. The molecule has 1 unspecified atom stereocenters. The predicted octanol–water partition coefficient (Wildman–Crippen LogP) is 1.83. The summed E-state index contributed by atoms with van der Waals surface area (Å²) in [6.07, 6.45) is 5.97. The molecule has 0 radical (unpaired) electrons. The second kappa shape index (κ2) is 5.68. The van der Waals surface area contributed by atoms with Gasteiger partial charge in [-0.15, -0.1) is 10.2 Å². The van der Waals surface area contributed by atoms with Crippen LogP contribution in [0.2, 0.25) is 0 Å². The van der Waals surface area contributed by atoms with Crippen LogP contribution < -0.4 is 5.73 Å². The Balaban J connectivity index is 2.12. The van der Waals surface area contributed by atoms with E-state index in [1.54, 1.807) is 11.8 Å². The summed E-state index contributed by atoms with van der Waals surface area (Å²) in [5.41, 5.74) is 5.73. The standard InChI is InChI=1S/C11H20N4S/c1-2-9(8-12)16-11-14-13-10-6-4-3-5-7-15(10)11/h9H,2-8,12H2,1H3. The predicted molar refractivity (Wildman–Crippen MR) is 66.6 cm³/mol. The van der Waals surface area contributed by atoms with Gasteiger partial charge in [0.05, 0.1) is 0 Å². The lowest BCUT2D eigenvalue weighted by molar-refractivity contribution is 0.589. The first-order chi connectivity index (χ1) is 7.85. The van der Waals surface area contributed by atoms with Gasteiger partial charge in [0, 0.05) is 24.8 Å². The molecule has 16 heavy (non-hydrogen) atoms. The van der Waals surface area contributed by atoms with E-state index in [9.17, 15) is 0 Å². The van der Waals surface area contributed by atoms with Gasteiger partial charge in [-0.25, -0.2) is 0 Å². The van der Waals surface area contributed by atoms with E-state index in [-0.39, 0.29) is 0 Å². The Morgan fingerprint density at radius 2 is 2.25 bits per heavy atom. The Labute approximate surface area is 101 Å². The average molecular weight is 240 g/mol. The van der Waals surface area contributed by atoms with Crippen molar-refractivity contribution in [2.45, 2.75) is 56.0 Å². The Morgan fingerprint density at radius 1 is 1.38 bits per heavy atom. The number of nitrogens with zero attached hydrogens (tertiary/aromatic N) is 3. The van der Waals surface area contributed by atoms with Gasteiger partial charge in [-0.1, -0.05) is 25.1 Å². The number of hydrogen-bond acceptors (Lipinski definition) is 4. The molecule has 0 amide bonds. The van der Waals surface area contributed by atoms with Crippen molar-refractivity contribution in [1.29, 1.82) is 0 Å². The van der Waals surface area contributed by atoms with E-state index in [1.165, 1.54) is 19.3 Å². The van der Waals surface area contributed by atoms with Crippen LogP contribution >= 0.6 is 11.8 Å². The third kappa shape index (κ3) is 2.58. The summed E-state index contributed by atoms with van der Waals surface area (Å²) in [6, 6.07) is 0. The normalized spacial score (nSPS) is 17.9. The summed E-state index contributed by atoms with van der Waals surface area (Å²) in [5, 5.41) is 10.1. The van der Waals surface area contributed by atoms with E-state index in [1.807, 2.05) is 0 Å². The number of fused-ring (bicyclic) bond motifs is 1. The van der Waals surface area contributed by atoms with Crippen LogP contribution in [0.15, 0.2) is 5.16 Å². The first-order valence-corrected chi connectivity index (χ1v) is 7.02. The minimum Gasteiger partial charge on any atom is -0.329 e. The van der Waals surface area contributed by atoms with Crippen molar-refractivity contribution in [2.75, 3.05) is 6.54 Å². The van der Waals surface area contributed by atoms with Crippen LogP contribution in [0.25, 0.3) is 0 Å². The maximum atomic E-state index is 5.73. The number of rotatable bonds is 4. The molecule has 90 valence electrons. The van der Waals surface area contributed by atoms with E-state index in [2.05, 4.69) is 21.7 Å². The lowest BCUT2D eigenvalue weighted by atomic mass is 10.2. The molecule has 0 fully saturated rings. The molecule has 0 aromatic carbocycles. The topological polar surface area (TPSA) is 56.7 Å². The molecule has 2 N–H and O–H groups in total.